The molecule has 0 bridgehead atoms. The van der Waals surface area contributed by atoms with E-state index in [4.69, 9.17) is 9.84 Å². The van der Waals surface area contributed by atoms with Crippen molar-refractivity contribution < 1.29 is 24.2 Å². The van der Waals surface area contributed by atoms with Crippen molar-refractivity contribution in [2.45, 2.75) is 78.3 Å². The third-order valence-corrected chi connectivity index (χ3v) is 6.31. The van der Waals surface area contributed by atoms with Gasteiger partial charge in [-0.25, -0.2) is 0 Å². The fourth-order valence-electron chi connectivity index (χ4n) is 3.88. The van der Waals surface area contributed by atoms with Crippen LogP contribution >= 0.6 is 0 Å². The van der Waals surface area contributed by atoms with Gasteiger partial charge in [0, 0.05) is 12.5 Å². The number of allylic oxidation sites excluding steroid dienone is 2. The normalized spacial score (nSPS) is 14.5. The highest BCUT2D eigenvalue weighted by Gasteiger charge is 2.32. The maximum atomic E-state index is 13.1. The molecular weight excluding hydrogens is 468 g/mol. The first kappa shape index (κ1) is 32.1. The van der Waals surface area contributed by atoms with Gasteiger partial charge < -0.3 is 20.5 Å². The summed E-state index contributed by atoms with van der Waals surface area (Å²) in [6.07, 6.45) is 6.70. The van der Waals surface area contributed by atoms with Gasteiger partial charge in [0.05, 0.1) is 24.5 Å². The highest BCUT2D eigenvalue weighted by molar-refractivity contribution is 5.86. The molecule has 0 aromatic heterocycles. The first-order valence-corrected chi connectivity index (χ1v) is 13.1. The van der Waals surface area contributed by atoms with Gasteiger partial charge in [0.2, 0.25) is 11.8 Å². The zero-order chi connectivity index (χ0) is 27.8. The van der Waals surface area contributed by atoms with Crippen LogP contribution in [0.15, 0.2) is 55.6 Å². The molecule has 206 valence electrons. The quantitative estimate of drug-likeness (QED) is 0.163. The third kappa shape index (κ3) is 12.7. The summed E-state index contributed by atoms with van der Waals surface area (Å²) in [7, 11) is 0. The van der Waals surface area contributed by atoms with E-state index in [0.29, 0.717) is 19.3 Å². The summed E-state index contributed by atoms with van der Waals surface area (Å²) in [5.74, 6) is -1.80. The van der Waals surface area contributed by atoms with Crippen molar-refractivity contribution in [3.63, 3.8) is 0 Å². The number of esters is 1. The Morgan fingerprint density at radius 1 is 1.05 bits per heavy atom. The number of unbranched alkanes of at least 4 members (excludes halogenated alkanes) is 1. The van der Waals surface area contributed by atoms with Gasteiger partial charge in [-0.3, -0.25) is 14.4 Å². The average molecular weight is 515 g/mol. The van der Waals surface area contributed by atoms with Crippen LogP contribution in [0, 0.1) is 17.3 Å². The van der Waals surface area contributed by atoms with Crippen molar-refractivity contribution >= 4 is 17.8 Å². The molecule has 0 heterocycles. The molecule has 0 saturated heterocycles. The molecule has 4 atom stereocenters. The van der Waals surface area contributed by atoms with Crippen molar-refractivity contribution in [1.82, 2.24) is 10.6 Å². The van der Waals surface area contributed by atoms with Gasteiger partial charge in [0.15, 0.2) is 0 Å². The summed E-state index contributed by atoms with van der Waals surface area (Å²) >= 11 is 0. The minimum Gasteiger partial charge on any atom is -0.463 e. The SMILES string of the molecule is C=CCCC[C@H](Cc1ccccc1)C(=O)OC[C@@H](NC(=O)[C@H](CC=C)CC(=O)N[C@H](C)CO)C(C)(C)C. The summed E-state index contributed by atoms with van der Waals surface area (Å²) in [6, 6.07) is 9.03. The van der Waals surface area contributed by atoms with Crippen LogP contribution in [0.1, 0.15) is 65.4 Å². The molecule has 0 saturated carbocycles. The van der Waals surface area contributed by atoms with Crippen molar-refractivity contribution in [3.8, 4) is 0 Å². The maximum Gasteiger partial charge on any atom is 0.309 e. The Hall–Kier alpha value is -2.93. The Balaban J connectivity index is 2.88. The fraction of sp³-hybridized carbons (Fsp3) is 0.567. The van der Waals surface area contributed by atoms with Crippen LogP contribution in [-0.4, -0.2) is 48.2 Å². The number of ether oxygens (including phenoxy) is 1. The molecule has 0 aliphatic rings. The Kier molecular flexibility index (Phi) is 14.5. The summed E-state index contributed by atoms with van der Waals surface area (Å²) < 4.78 is 5.78. The second-order valence-electron chi connectivity index (χ2n) is 10.7. The van der Waals surface area contributed by atoms with E-state index in [0.717, 1.165) is 18.4 Å². The molecule has 0 aliphatic heterocycles. The predicted molar refractivity (Wildman–Crippen MR) is 148 cm³/mol. The number of carbonyl (C=O) groups excluding carboxylic acids is 3. The molecule has 1 aromatic rings. The molecule has 7 heteroatoms. The lowest BCUT2D eigenvalue weighted by Crippen LogP contribution is -2.50. The van der Waals surface area contributed by atoms with Crippen molar-refractivity contribution in [2.75, 3.05) is 13.2 Å². The molecule has 1 rings (SSSR count). The van der Waals surface area contributed by atoms with Gasteiger partial charge in [-0.15, -0.1) is 13.2 Å². The molecule has 3 N–H and O–H groups in total. The van der Waals surface area contributed by atoms with Gasteiger partial charge in [0.25, 0.3) is 0 Å². The van der Waals surface area contributed by atoms with E-state index in [9.17, 15) is 14.4 Å². The molecule has 0 unspecified atom stereocenters. The van der Waals surface area contributed by atoms with Crippen LogP contribution < -0.4 is 10.6 Å². The van der Waals surface area contributed by atoms with Crippen molar-refractivity contribution in [1.29, 1.82) is 0 Å². The third-order valence-electron chi connectivity index (χ3n) is 6.31. The number of hydrogen-bond acceptors (Lipinski definition) is 5. The summed E-state index contributed by atoms with van der Waals surface area (Å²) in [4.78, 5) is 38.6. The zero-order valence-corrected chi connectivity index (χ0v) is 23.0. The molecule has 2 amide bonds. The number of benzene rings is 1. The Morgan fingerprint density at radius 3 is 2.30 bits per heavy atom. The van der Waals surface area contributed by atoms with Gasteiger partial charge in [-0.2, -0.15) is 0 Å². The van der Waals surface area contributed by atoms with Crippen LogP contribution in [0.25, 0.3) is 0 Å². The molecule has 7 nitrogen and oxygen atoms in total. The van der Waals surface area contributed by atoms with E-state index in [-0.39, 0.29) is 48.8 Å². The van der Waals surface area contributed by atoms with Crippen LogP contribution in [0.3, 0.4) is 0 Å². The Labute approximate surface area is 222 Å². The monoisotopic (exact) mass is 514 g/mol. The van der Waals surface area contributed by atoms with Crippen LogP contribution in [0.2, 0.25) is 0 Å². The molecule has 1 aromatic carbocycles. The number of aliphatic hydroxyl groups is 1. The first-order chi connectivity index (χ1) is 17.5. The van der Waals surface area contributed by atoms with Gasteiger partial charge >= 0.3 is 5.97 Å². The largest absolute Gasteiger partial charge is 0.463 e. The number of amides is 2. The van der Waals surface area contributed by atoms with E-state index in [1.165, 1.54) is 0 Å². The van der Waals surface area contributed by atoms with Crippen molar-refractivity contribution in [2.24, 2.45) is 17.3 Å². The maximum absolute atomic E-state index is 13.1. The Bertz CT molecular complexity index is 862. The molecule has 0 radical (unpaired) electrons. The number of carbonyl (C=O) groups is 3. The average Bonchev–Trinajstić information content (AvgIpc) is 2.85. The number of nitrogens with one attached hydrogen (secondary N) is 2. The van der Waals surface area contributed by atoms with Gasteiger partial charge in [-0.05, 0) is 50.0 Å². The Morgan fingerprint density at radius 2 is 1.73 bits per heavy atom. The van der Waals surface area contributed by atoms with Crippen molar-refractivity contribution in [3.05, 3.63) is 61.2 Å². The molecule has 0 aliphatic carbocycles. The smallest absolute Gasteiger partial charge is 0.309 e. The molecule has 0 spiro atoms. The minimum absolute atomic E-state index is 0.0265. The summed E-state index contributed by atoms with van der Waals surface area (Å²) in [5, 5.41) is 14.8. The topological polar surface area (TPSA) is 105 Å². The lowest BCUT2D eigenvalue weighted by Gasteiger charge is -2.32. The van der Waals surface area contributed by atoms with E-state index in [1.807, 2.05) is 57.2 Å². The van der Waals surface area contributed by atoms with Gasteiger partial charge in [0.1, 0.15) is 6.61 Å². The standard InChI is InChI=1S/C30H46N2O5/c1-7-9-11-17-25(18-23-15-12-10-13-16-23)29(36)37-21-26(30(4,5)6)32-28(35)24(14-8-2)19-27(34)31-22(3)20-33/h7-8,10,12-13,15-16,22,24-26,33H,1-2,9,11,14,17-21H2,3-6H3,(H,31,34)(H,32,35)/t22-,24-,25-,26-/m1/s1. The second-order valence-corrected chi connectivity index (χ2v) is 10.7. The lowest BCUT2D eigenvalue weighted by molar-refractivity contribution is -0.151. The fourth-order valence-corrected chi connectivity index (χ4v) is 3.88. The first-order valence-electron chi connectivity index (χ1n) is 13.1. The predicted octanol–water partition coefficient (Wildman–Crippen LogP) is 4.36. The minimum atomic E-state index is -0.617. The molecule has 37 heavy (non-hydrogen) atoms. The highest BCUT2D eigenvalue weighted by Crippen LogP contribution is 2.23. The number of aliphatic hydroxyl groups excluding tert-OH is 1. The van der Waals surface area contributed by atoms with E-state index in [1.54, 1.807) is 13.0 Å². The van der Waals surface area contributed by atoms with Gasteiger partial charge in [-0.1, -0.05) is 63.3 Å². The zero-order valence-electron chi connectivity index (χ0n) is 23.0. The number of rotatable bonds is 17. The number of hydrogen-bond donors (Lipinski definition) is 3. The van der Waals surface area contributed by atoms with Crippen LogP contribution in [0.5, 0.6) is 0 Å². The summed E-state index contributed by atoms with van der Waals surface area (Å²) in [6.45, 7) is 14.9. The van der Waals surface area contributed by atoms with E-state index < -0.39 is 18.0 Å². The van der Waals surface area contributed by atoms with E-state index >= 15 is 0 Å². The lowest BCUT2D eigenvalue weighted by atomic mass is 9.86. The van der Waals surface area contributed by atoms with Crippen LogP contribution in [0.4, 0.5) is 0 Å². The highest BCUT2D eigenvalue weighted by atomic mass is 16.5. The second kappa shape index (κ2) is 16.7. The van der Waals surface area contributed by atoms with E-state index in [2.05, 4.69) is 23.8 Å². The molecular formula is C30H46N2O5. The van der Waals surface area contributed by atoms with Crippen LogP contribution in [-0.2, 0) is 25.5 Å². The molecule has 0 fully saturated rings. The summed E-state index contributed by atoms with van der Waals surface area (Å²) in [5.41, 5.74) is 0.685.